The summed E-state index contributed by atoms with van der Waals surface area (Å²) in [7, 11) is 0. The van der Waals surface area contributed by atoms with Gasteiger partial charge in [-0.05, 0) is 32.1 Å². The number of ether oxygens (including phenoxy) is 2. The van der Waals surface area contributed by atoms with Gasteiger partial charge in [-0.2, -0.15) is 0 Å². The predicted octanol–water partition coefficient (Wildman–Crippen LogP) is 1.21. The van der Waals surface area contributed by atoms with Crippen LogP contribution in [0.3, 0.4) is 0 Å². The lowest BCUT2D eigenvalue weighted by atomic mass is 10.1. The number of hydrogen-bond acceptors (Lipinski definition) is 4. The van der Waals surface area contributed by atoms with Gasteiger partial charge in [0.15, 0.2) is 17.3 Å². The number of likely N-dealkylation sites (N-methyl/N-ethyl adjacent to an activating group) is 1. The third-order valence-corrected chi connectivity index (χ3v) is 2.11. The Morgan fingerprint density at radius 3 is 3.27 bits per heavy atom. The Kier molecular flexibility index (Phi) is 1.59. The zero-order valence-electron chi connectivity index (χ0n) is 12.1. The van der Waals surface area contributed by atoms with Crippen molar-refractivity contribution in [3.8, 4) is 11.5 Å². The molecule has 0 bridgehead atoms. The first-order valence-corrected chi connectivity index (χ1v) is 4.36. The van der Waals surface area contributed by atoms with Gasteiger partial charge in [0.1, 0.15) is 1.37 Å². The van der Waals surface area contributed by atoms with Crippen LogP contribution in [0.25, 0.3) is 0 Å². The molecule has 80 valence electrons. The van der Waals surface area contributed by atoms with Gasteiger partial charge < -0.3 is 14.8 Å². The van der Waals surface area contributed by atoms with Crippen LogP contribution in [0.5, 0.6) is 11.5 Å². The molecular formula is C11H13NO3. The summed E-state index contributed by atoms with van der Waals surface area (Å²) >= 11 is 0. The average Bonchev–Trinajstić information content (AvgIpc) is 2.65. The van der Waals surface area contributed by atoms with E-state index in [-0.39, 0.29) is 11.3 Å². The molecule has 1 aliphatic rings. The van der Waals surface area contributed by atoms with Crippen LogP contribution < -0.4 is 14.8 Å². The van der Waals surface area contributed by atoms with E-state index in [1.165, 1.54) is 25.1 Å². The van der Waals surface area contributed by atoms with Crippen molar-refractivity contribution in [1.82, 2.24) is 5.32 Å². The highest BCUT2D eigenvalue weighted by Gasteiger charge is 2.18. The van der Waals surface area contributed by atoms with Crippen LogP contribution in [-0.2, 0) is 0 Å². The third kappa shape index (κ3) is 1.80. The summed E-state index contributed by atoms with van der Waals surface area (Å²) in [5.74, 6) is 0.0572. The van der Waals surface area contributed by atoms with Crippen LogP contribution in [-0.4, -0.2) is 25.6 Å². The summed E-state index contributed by atoms with van der Waals surface area (Å²) < 4.78 is 39.2. The number of rotatable bonds is 3. The van der Waals surface area contributed by atoms with E-state index in [0.29, 0.717) is 5.75 Å². The second-order valence-corrected chi connectivity index (χ2v) is 3.09. The minimum Gasteiger partial charge on any atom is -0.454 e. The Morgan fingerprint density at radius 2 is 2.47 bits per heavy atom. The smallest absolute Gasteiger partial charge is 0.231 e. The van der Waals surface area contributed by atoms with Crippen LogP contribution in [0.2, 0.25) is 0 Å². The molecule has 0 spiro atoms. The van der Waals surface area contributed by atoms with Crippen molar-refractivity contribution in [3.05, 3.63) is 23.8 Å². The zero-order valence-corrected chi connectivity index (χ0v) is 8.11. The van der Waals surface area contributed by atoms with Gasteiger partial charge in [-0.15, -0.1) is 0 Å². The highest BCUT2D eigenvalue weighted by atomic mass is 16.7. The molecule has 0 fully saturated rings. The van der Waals surface area contributed by atoms with Crippen molar-refractivity contribution in [2.45, 2.75) is 12.9 Å². The average molecular weight is 211 g/mol. The summed E-state index contributed by atoms with van der Waals surface area (Å²) in [6, 6.07) is 2.57. The Labute approximate surface area is 93.8 Å². The normalized spacial score (nSPS) is 26.1. The first kappa shape index (κ1) is 6.12. The Hall–Kier alpha value is -1.55. The summed E-state index contributed by atoms with van der Waals surface area (Å²) in [5, 5.41) is 2.24. The highest BCUT2D eigenvalue weighted by molar-refractivity contribution is 6.00. The topological polar surface area (TPSA) is 47.6 Å². The van der Waals surface area contributed by atoms with E-state index in [0.717, 1.165) is 0 Å². The second kappa shape index (κ2) is 3.90. The van der Waals surface area contributed by atoms with Crippen LogP contribution in [0, 0.1) is 0 Å². The lowest BCUT2D eigenvalue weighted by molar-refractivity contribution is 0.0954. The first-order chi connectivity index (χ1) is 8.79. The van der Waals surface area contributed by atoms with Gasteiger partial charge in [0.25, 0.3) is 0 Å². The van der Waals surface area contributed by atoms with Gasteiger partial charge in [0.2, 0.25) is 6.77 Å². The molecule has 2 atom stereocenters. The number of fused-ring (bicyclic) bond motifs is 1. The Morgan fingerprint density at radius 1 is 1.67 bits per heavy atom. The molecule has 1 aromatic rings. The molecule has 1 heterocycles. The third-order valence-electron chi connectivity index (χ3n) is 2.11. The maximum Gasteiger partial charge on any atom is 0.231 e. The molecule has 1 aliphatic heterocycles. The van der Waals surface area contributed by atoms with Gasteiger partial charge in [0.05, 0.1) is 7.39 Å². The fourth-order valence-corrected chi connectivity index (χ4v) is 1.25. The number of hydrogen-bond donors (Lipinski definition) is 1. The van der Waals surface area contributed by atoms with Crippen LogP contribution in [0.4, 0.5) is 0 Å². The highest BCUT2D eigenvalue weighted by Crippen LogP contribution is 2.32. The quantitative estimate of drug-likeness (QED) is 0.763. The van der Waals surface area contributed by atoms with Crippen LogP contribution in [0.15, 0.2) is 18.2 Å². The zero-order chi connectivity index (χ0) is 14.2. The lowest BCUT2D eigenvalue weighted by Gasteiger charge is -2.09. The molecule has 0 saturated heterocycles. The number of carbonyl (C=O) groups excluding carboxylic acids is 1. The molecule has 0 amide bonds. The van der Waals surface area contributed by atoms with E-state index in [4.69, 9.17) is 15.0 Å². The molecule has 1 aromatic carbocycles. The summed E-state index contributed by atoms with van der Waals surface area (Å²) in [6.07, 6.45) is 0. The van der Waals surface area contributed by atoms with Gasteiger partial charge in [-0.1, -0.05) is 0 Å². The van der Waals surface area contributed by atoms with Gasteiger partial charge in [0, 0.05) is 8.30 Å². The van der Waals surface area contributed by atoms with Crippen molar-refractivity contribution >= 4 is 5.78 Å². The molecule has 0 aromatic heterocycles. The van der Waals surface area contributed by atoms with Crippen molar-refractivity contribution < 1.29 is 19.8 Å². The minimum atomic E-state index is -1.78. The summed E-state index contributed by atoms with van der Waals surface area (Å²) in [4.78, 5) is 12.1. The van der Waals surface area contributed by atoms with Crippen LogP contribution >= 0.6 is 0 Å². The number of Topliss-reactive ketones (excluding diaryl/α,β-unsaturated/α-hetero) is 1. The number of nitrogens with one attached hydrogen (secondary N) is 1. The number of ketones is 1. The second-order valence-electron chi connectivity index (χ2n) is 3.09. The van der Waals surface area contributed by atoms with Crippen LogP contribution in [0.1, 0.15) is 22.8 Å². The van der Waals surface area contributed by atoms with E-state index in [9.17, 15) is 4.79 Å². The summed E-state index contributed by atoms with van der Waals surface area (Å²) in [6.45, 7) is -1.34. The molecular weight excluding hydrogens is 194 g/mol. The molecule has 2 unspecified atom stereocenters. The lowest BCUT2D eigenvalue weighted by Crippen LogP contribution is -2.30. The molecule has 0 radical (unpaired) electrons. The van der Waals surface area contributed by atoms with Gasteiger partial charge in [-0.3, -0.25) is 4.79 Å². The van der Waals surface area contributed by atoms with E-state index in [2.05, 4.69) is 5.32 Å². The molecule has 15 heavy (non-hydrogen) atoms. The number of carbonyl (C=O) groups is 1. The van der Waals surface area contributed by atoms with E-state index < -0.39 is 25.6 Å². The summed E-state index contributed by atoms with van der Waals surface area (Å²) in [5.41, 5.74) is 0.196. The van der Waals surface area contributed by atoms with Crippen molar-refractivity contribution in [2.24, 2.45) is 0 Å². The maximum absolute atomic E-state index is 12.1. The fourth-order valence-electron chi connectivity index (χ4n) is 1.25. The van der Waals surface area contributed by atoms with Crippen molar-refractivity contribution in [3.63, 3.8) is 0 Å². The standard InChI is InChI=1S/C11H13NO3/c1-7(12-2)11(13)8-3-4-9-10(5-8)15-6-14-9/h3-5,7,12H,6H2,1-2H3/i2D2,6D,7D. The first-order valence-electron chi connectivity index (χ1n) is 6.59. The fraction of sp³-hybridized carbons (Fsp3) is 0.364. The predicted molar refractivity (Wildman–Crippen MR) is 55.4 cm³/mol. The molecule has 1 N–H and O–H groups in total. The molecule has 4 heteroatoms. The Bertz CT molecular complexity index is 507. The molecule has 4 nitrogen and oxygen atoms in total. The van der Waals surface area contributed by atoms with Crippen molar-refractivity contribution in [2.75, 3.05) is 13.8 Å². The van der Waals surface area contributed by atoms with Crippen molar-refractivity contribution in [1.29, 1.82) is 0 Å². The Balaban J connectivity index is 2.23. The SMILES string of the molecule is [2H]C([2H])NC([2H])(C)C(=O)c1ccc2c(c1)OC([2H])O2. The molecule has 0 aliphatic carbocycles. The largest absolute Gasteiger partial charge is 0.454 e. The minimum absolute atomic E-state index is 0.196. The maximum atomic E-state index is 12.1. The monoisotopic (exact) mass is 211 g/mol. The molecule has 2 rings (SSSR count). The van der Waals surface area contributed by atoms with Gasteiger partial charge >= 0.3 is 0 Å². The molecule has 0 saturated carbocycles. The van der Waals surface area contributed by atoms with E-state index >= 15 is 0 Å². The van der Waals surface area contributed by atoms with E-state index in [1.807, 2.05) is 0 Å². The van der Waals surface area contributed by atoms with E-state index in [1.54, 1.807) is 0 Å². The number of benzene rings is 1. The van der Waals surface area contributed by atoms with Gasteiger partial charge in [-0.25, -0.2) is 0 Å².